The lowest BCUT2D eigenvalue weighted by Gasteiger charge is -2.02. The molecule has 28 heavy (non-hydrogen) atoms. The summed E-state index contributed by atoms with van der Waals surface area (Å²) in [4.78, 5) is 9.12. The highest BCUT2D eigenvalue weighted by Crippen LogP contribution is 2.36. The molecular weight excluding hydrogens is 420 g/mol. The highest BCUT2D eigenvalue weighted by molar-refractivity contribution is 9.10. The van der Waals surface area contributed by atoms with Crippen molar-refractivity contribution in [3.05, 3.63) is 70.2 Å². The highest BCUT2D eigenvalue weighted by Gasteiger charge is 2.15. The van der Waals surface area contributed by atoms with E-state index < -0.39 is 0 Å². The van der Waals surface area contributed by atoms with E-state index in [-0.39, 0.29) is 6.79 Å². The Hall–Kier alpha value is -3.12. The number of hydrogen-bond donors (Lipinski definition) is 0. The van der Waals surface area contributed by atoms with Crippen LogP contribution in [-0.4, -0.2) is 18.0 Å². The number of rotatable bonds is 3. The van der Waals surface area contributed by atoms with Gasteiger partial charge in [-0.05, 0) is 76.9 Å². The number of halogens is 1. The van der Waals surface area contributed by atoms with Gasteiger partial charge in [0, 0.05) is 21.8 Å². The molecule has 2 heterocycles. The molecule has 6 heteroatoms. The Bertz CT molecular complexity index is 1210. The van der Waals surface area contributed by atoms with E-state index >= 15 is 0 Å². The van der Waals surface area contributed by atoms with E-state index in [0.29, 0.717) is 5.89 Å². The molecule has 4 aromatic rings. The quantitative estimate of drug-likeness (QED) is 0.368. The Morgan fingerprint density at radius 2 is 1.79 bits per heavy atom. The van der Waals surface area contributed by atoms with Crippen LogP contribution >= 0.6 is 15.9 Å². The van der Waals surface area contributed by atoms with Crippen molar-refractivity contribution in [3.8, 4) is 23.0 Å². The lowest BCUT2D eigenvalue weighted by atomic mass is 10.2. The third-order valence-corrected chi connectivity index (χ3v) is 5.19. The fourth-order valence-corrected chi connectivity index (χ4v) is 3.45. The van der Waals surface area contributed by atoms with Crippen LogP contribution in [-0.2, 0) is 0 Å². The van der Waals surface area contributed by atoms with Crippen LogP contribution in [0.25, 0.3) is 22.6 Å². The fourth-order valence-electron chi connectivity index (χ4n) is 3.03. The van der Waals surface area contributed by atoms with Gasteiger partial charge in [0.1, 0.15) is 5.52 Å². The average molecular weight is 435 g/mol. The molecule has 0 amide bonds. The number of ether oxygens (including phenoxy) is 2. The van der Waals surface area contributed by atoms with E-state index in [2.05, 4.69) is 25.9 Å². The predicted octanol–water partition coefficient (Wildman–Crippen LogP) is 6.05. The fraction of sp³-hybridized carbons (Fsp3) is 0.0909. The molecule has 1 aromatic heterocycles. The van der Waals surface area contributed by atoms with Crippen LogP contribution < -0.4 is 9.47 Å². The Morgan fingerprint density at radius 1 is 1.00 bits per heavy atom. The number of hydrogen-bond acceptors (Lipinski definition) is 5. The van der Waals surface area contributed by atoms with Crippen LogP contribution in [0, 0.1) is 6.92 Å². The first kappa shape index (κ1) is 17.0. The summed E-state index contributed by atoms with van der Waals surface area (Å²) in [7, 11) is 0. The third-order valence-electron chi connectivity index (χ3n) is 4.50. The van der Waals surface area contributed by atoms with Crippen molar-refractivity contribution in [1.29, 1.82) is 0 Å². The number of oxazole rings is 1. The summed E-state index contributed by atoms with van der Waals surface area (Å²) in [6.07, 6.45) is 1.79. The van der Waals surface area contributed by atoms with Gasteiger partial charge in [-0.2, -0.15) is 0 Å². The minimum absolute atomic E-state index is 0.249. The molecule has 138 valence electrons. The molecule has 0 bridgehead atoms. The maximum Gasteiger partial charge on any atom is 0.231 e. The second kappa shape index (κ2) is 6.80. The van der Waals surface area contributed by atoms with Crippen LogP contribution in [0.2, 0.25) is 0 Å². The summed E-state index contributed by atoms with van der Waals surface area (Å²) in [5.41, 5.74) is 5.48. The number of aromatic nitrogens is 1. The van der Waals surface area contributed by atoms with Crippen molar-refractivity contribution in [2.24, 2.45) is 4.99 Å². The molecule has 0 spiro atoms. The largest absolute Gasteiger partial charge is 0.454 e. The third kappa shape index (κ3) is 3.16. The second-order valence-electron chi connectivity index (χ2n) is 6.52. The van der Waals surface area contributed by atoms with Gasteiger partial charge in [0.2, 0.25) is 12.7 Å². The standard InChI is InChI=1S/C22H15BrN2O3/c1-13-2-7-19-18(8-13)25-22(28-19)14-3-5-16(6-4-14)24-11-15-9-20-21(10-17(15)23)27-12-26-20/h2-11H,12H2,1H3. The van der Waals surface area contributed by atoms with E-state index in [1.165, 1.54) is 0 Å². The van der Waals surface area contributed by atoms with Crippen LogP contribution in [0.4, 0.5) is 5.69 Å². The zero-order valence-electron chi connectivity index (χ0n) is 15.0. The lowest BCUT2D eigenvalue weighted by molar-refractivity contribution is 0.174. The summed E-state index contributed by atoms with van der Waals surface area (Å²) in [6, 6.07) is 17.6. The van der Waals surface area contributed by atoms with E-state index in [0.717, 1.165) is 49.4 Å². The molecule has 1 aliphatic rings. The SMILES string of the molecule is Cc1ccc2oc(-c3ccc(N=Cc4cc5c(cc4Br)OCO5)cc3)nc2c1. The minimum atomic E-state index is 0.249. The van der Waals surface area contributed by atoms with Gasteiger partial charge in [0.05, 0.1) is 5.69 Å². The van der Waals surface area contributed by atoms with Crippen LogP contribution in [0.15, 0.2) is 68.5 Å². The zero-order chi connectivity index (χ0) is 19.1. The molecule has 3 aromatic carbocycles. The number of benzene rings is 3. The molecule has 0 saturated heterocycles. The topological polar surface area (TPSA) is 56.9 Å². The van der Waals surface area contributed by atoms with Crippen molar-refractivity contribution in [1.82, 2.24) is 4.98 Å². The molecule has 0 saturated carbocycles. The Kier molecular flexibility index (Phi) is 4.13. The Balaban J connectivity index is 1.39. The van der Waals surface area contributed by atoms with E-state index in [1.54, 1.807) is 6.21 Å². The number of nitrogens with zero attached hydrogens (tertiary/aromatic N) is 2. The van der Waals surface area contributed by atoms with Gasteiger partial charge in [-0.25, -0.2) is 4.98 Å². The molecular formula is C22H15BrN2O3. The summed E-state index contributed by atoms with van der Waals surface area (Å²) in [5, 5.41) is 0. The van der Waals surface area contributed by atoms with Crippen molar-refractivity contribution >= 4 is 38.9 Å². The van der Waals surface area contributed by atoms with E-state index in [4.69, 9.17) is 13.9 Å². The van der Waals surface area contributed by atoms with Gasteiger partial charge in [0.25, 0.3) is 0 Å². The summed E-state index contributed by atoms with van der Waals surface area (Å²) >= 11 is 3.54. The molecule has 0 atom stereocenters. The minimum Gasteiger partial charge on any atom is -0.454 e. The zero-order valence-corrected chi connectivity index (χ0v) is 16.6. The number of fused-ring (bicyclic) bond motifs is 2. The van der Waals surface area contributed by atoms with Gasteiger partial charge in [-0.15, -0.1) is 0 Å². The number of aliphatic imine (C=N–C) groups is 1. The van der Waals surface area contributed by atoms with Gasteiger partial charge in [0.15, 0.2) is 17.1 Å². The maximum absolute atomic E-state index is 5.86. The van der Waals surface area contributed by atoms with Crippen molar-refractivity contribution in [2.75, 3.05) is 6.79 Å². The van der Waals surface area contributed by atoms with Gasteiger partial charge in [-0.1, -0.05) is 6.07 Å². The Labute approximate surface area is 169 Å². The molecule has 1 aliphatic heterocycles. The van der Waals surface area contributed by atoms with E-state index in [1.807, 2.05) is 61.5 Å². The van der Waals surface area contributed by atoms with Crippen molar-refractivity contribution < 1.29 is 13.9 Å². The first-order valence-corrected chi connectivity index (χ1v) is 9.56. The second-order valence-corrected chi connectivity index (χ2v) is 7.38. The number of aryl methyl sites for hydroxylation is 1. The first-order chi connectivity index (χ1) is 13.7. The summed E-state index contributed by atoms with van der Waals surface area (Å²) < 4.78 is 17.5. The first-order valence-electron chi connectivity index (χ1n) is 8.76. The highest BCUT2D eigenvalue weighted by atomic mass is 79.9. The smallest absolute Gasteiger partial charge is 0.231 e. The molecule has 5 rings (SSSR count). The van der Waals surface area contributed by atoms with Crippen LogP contribution in [0.1, 0.15) is 11.1 Å². The van der Waals surface area contributed by atoms with Crippen LogP contribution in [0.5, 0.6) is 11.5 Å². The monoisotopic (exact) mass is 434 g/mol. The van der Waals surface area contributed by atoms with Gasteiger partial charge in [-0.3, -0.25) is 4.99 Å². The average Bonchev–Trinajstić information content (AvgIpc) is 3.32. The molecule has 0 N–H and O–H groups in total. The van der Waals surface area contributed by atoms with Crippen molar-refractivity contribution in [2.45, 2.75) is 6.92 Å². The molecule has 5 nitrogen and oxygen atoms in total. The van der Waals surface area contributed by atoms with E-state index in [9.17, 15) is 0 Å². The Morgan fingerprint density at radius 3 is 2.61 bits per heavy atom. The summed E-state index contributed by atoms with van der Waals surface area (Å²) in [6.45, 7) is 2.29. The predicted molar refractivity (Wildman–Crippen MR) is 112 cm³/mol. The van der Waals surface area contributed by atoms with Gasteiger partial charge < -0.3 is 13.9 Å². The van der Waals surface area contributed by atoms with Crippen LogP contribution in [0.3, 0.4) is 0 Å². The maximum atomic E-state index is 5.86. The van der Waals surface area contributed by atoms with Gasteiger partial charge >= 0.3 is 0 Å². The molecule has 0 aliphatic carbocycles. The molecule has 0 unspecified atom stereocenters. The van der Waals surface area contributed by atoms with Crippen molar-refractivity contribution in [3.63, 3.8) is 0 Å². The summed E-state index contributed by atoms with van der Waals surface area (Å²) in [5.74, 6) is 2.07. The molecule has 0 fully saturated rings. The lowest BCUT2D eigenvalue weighted by Crippen LogP contribution is -1.92. The molecule has 0 radical (unpaired) electrons. The normalized spacial score (nSPS) is 12.9.